The number of rotatable bonds is 5. The summed E-state index contributed by atoms with van der Waals surface area (Å²) < 4.78 is 0. The lowest BCUT2D eigenvalue weighted by Crippen LogP contribution is -2.51. The van der Waals surface area contributed by atoms with E-state index < -0.39 is 5.54 Å². The van der Waals surface area contributed by atoms with Crippen molar-refractivity contribution in [2.75, 3.05) is 31.1 Å². The van der Waals surface area contributed by atoms with Gasteiger partial charge in [0.2, 0.25) is 5.91 Å². The third kappa shape index (κ3) is 4.85. The number of carbonyl (C=O) groups is 1. The number of fused-ring (bicyclic) bond motifs is 1. The van der Waals surface area contributed by atoms with Crippen molar-refractivity contribution >= 4 is 23.3 Å². The number of aromatic nitrogens is 2. The topological polar surface area (TPSA) is 75.4 Å². The lowest BCUT2D eigenvalue weighted by Gasteiger charge is -2.38. The molecule has 1 aromatic carbocycles. The molecule has 0 bridgehead atoms. The van der Waals surface area contributed by atoms with Gasteiger partial charge < -0.3 is 15.5 Å². The number of nitrogens with zero attached hydrogens (tertiary/aromatic N) is 4. The number of aryl methyl sites for hydroxylation is 1. The Labute approximate surface area is 189 Å². The summed E-state index contributed by atoms with van der Waals surface area (Å²) in [6, 6.07) is 7.57. The summed E-state index contributed by atoms with van der Waals surface area (Å²) in [5.74, 6) is 1.42. The van der Waals surface area contributed by atoms with Crippen LogP contribution in [-0.4, -0.2) is 52.5 Å². The van der Waals surface area contributed by atoms with Crippen molar-refractivity contribution < 1.29 is 4.79 Å². The number of halogens is 1. The van der Waals surface area contributed by atoms with Gasteiger partial charge in [0.15, 0.2) is 0 Å². The zero-order valence-corrected chi connectivity index (χ0v) is 19.4. The van der Waals surface area contributed by atoms with Crippen molar-refractivity contribution in [2.45, 2.75) is 57.4 Å². The summed E-state index contributed by atoms with van der Waals surface area (Å²) >= 11 is 6.07. The van der Waals surface area contributed by atoms with Crippen molar-refractivity contribution in [2.24, 2.45) is 5.73 Å². The molecular weight excluding hydrogens is 410 g/mol. The van der Waals surface area contributed by atoms with Crippen LogP contribution in [-0.2, 0) is 11.2 Å². The van der Waals surface area contributed by atoms with Gasteiger partial charge in [-0.2, -0.15) is 0 Å². The molecule has 2 aliphatic rings. The molecule has 0 radical (unpaired) electrons. The minimum atomic E-state index is -0.445. The second-order valence-corrected chi connectivity index (χ2v) is 10.0. The first-order valence-electron chi connectivity index (χ1n) is 11.1. The van der Waals surface area contributed by atoms with Crippen molar-refractivity contribution in [1.82, 2.24) is 14.9 Å². The van der Waals surface area contributed by atoms with Crippen LogP contribution in [0.2, 0.25) is 5.02 Å². The van der Waals surface area contributed by atoms with E-state index in [1.54, 1.807) is 6.33 Å². The molecule has 2 heterocycles. The third-order valence-corrected chi connectivity index (χ3v) is 6.70. The number of amides is 1. The van der Waals surface area contributed by atoms with Crippen LogP contribution in [0.4, 0.5) is 5.82 Å². The maximum atomic E-state index is 13.5. The number of benzene rings is 1. The minimum absolute atomic E-state index is 0.141. The molecule has 6 nitrogen and oxygen atoms in total. The van der Waals surface area contributed by atoms with E-state index in [1.807, 2.05) is 43.0 Å². The zero-order chi connectivity index (χ0) is 22.2. The highest BCUT2D eigenvalue weighted by atomic mass is 35.5. The minimum Gasteiger partial charge on any atom is -0.353 e. The lowest BCUT2D eigenvalue weighted by molar-refractivity contribution is -0.133. The van der Waals surface area contributed by atoms with Crippen LogP contribution in [0.1, 0.15) is 62.3 Å². The predicted molar refractivity (Wildman–Crippen MR) is 125 cm³/mol. The molecule has 2 unspecified atom stereocenters. The molecule has 166 valence electrons. The van der Waals surface area contributed by atoms with Crippen LogP contribution in [0.15, 0.2) is 30.6 Å². The summed E-state index contributed by atoms with van der Waals surface area (Å²) in [5, 5.41) is 0.669. The second-order valence-electron chi connectivity index (χ2n) is 9.61. The van der Waals surface area contributed by atoms with E-state index in [2.05, 4.69) is 21.8 Å². The Morgan fingerprint density at radius 1 is 1.19 bits per heavy atom. The molecule has 1 aromatic heterocycles. The number of hydrogen-bond acceptors (Lipinski definition) is 5. The normalized spacial score (nSPS) is 20.0. The summed E-state index contributed by atoms with van der Waals surface area (Å²) in [5.41, 5.74) is 9.32. The standard InChI is InChI=1S/C24H32ClN5O/c1-16-4-9-20-21(16)22(28-15-27-20)29-10-12-30(13-11-29)23(31)19(14-24(2,3)26)17-5-7-18(25)8-6-17/h5-8,15-16,19H,4,9-14,26H2,1-3H3. The molecule has 31 heavy (non-hydrogen) atoms. The highest BCUT2D eigenvalue weighted by Gasteiger charge is 2.33. The first-order chi connectivity index (χ1) is 14.7. The zero-order valence-electron chi connectivity index (χ0n) is 18.6. The first-order valence-corrected chi connectivity index (χ1v) is 11.5. The molecule has 0 spiro atoms. The maximum Gasteiger partial charge on any atom is 0.230 e. The number of hydrogen-bond donors (Lipinski definition) is 1. The molecular formula is C24H32ClN5O. The Balaban J connectivity index is 1.49. The summed E-state index contributed by atoms with van der Waals surface area (Å²) in [6.45, 7) is 9.12. The first kappa shape index (κ1) is 22.0. The highest BCUT2D eigenvalue weighted by Crippen LogP contribution is 2.37. The summed E-state index contributed by atoms with van der Waals surface area (Å²) in [6.07, 6.45) is 4.44. The Hall–Kier alpha value is -2.18. The monoisotopic (exact) mass is 441 g/mol. The van der Waals surface area contributed by atoms with Crippen LogP contribution in [0.5, 0.6) is 0 Å². The molecule has 1 amide bonds. The van der Waals surface area contributed by atoms with Gasteiger partial charge in [0.1, 0.15) is 12.1 Å². The summed E-state index contributed by atoms with van der Waals surface area (Å²) in [4.78, 5) is 26.9. The smallest absolute Gasteiger partial charge is 0.230 e. The van der Waals surface area contributed by atoms with Crippen molar-refractivity contribution in [3.05, 3.63) is 52.4 Å². The molecule has 1 aliphatic carbocycles. The van der Waals surface area contributed by atoms with E-state index in [9.17, 15) is 4.79 Å². The van der Waals surface area contributed by atoms with E-state index in [4.69, 9.17) is 17.3 Å². The quantitative estimate of drug-likeness (QED) is 0.764. The van der Waals surface area contributed by atoms with Crippen LogP contribution < -0.4 is 10.6 Å². The summed E-state index contributed by atoms with van der Waals surface area (Å²) in [7, 11) is 0. The van der Waals surface area contributed by atoms with Crippen LogP contribution in [0.3, 0.4) is 0 Å². The number of anilines is 1. The molecule has 2 atom stereocenters. The average Bonchev–Trinajstić information content (AvgIpc) is 3.13. The molecule has 2 N–H and O–H groups in total. The molecule has 2 aromatic rings. The fraction of sp³-hybridized carbons (Fsp3) is 0.542. The Kier molecular flexibility index (Phi) is 6.22. The van der Waals surface area contributed by atoms with Gasteiger partial charge in [-0.05, 0) is 56.7 Å². The van der Waals surface area contributed by atoms with Gasteiger partial charge in [-0.3, -0.25) is 4.79 Å². The van der Waals surface area contributed by atoms with Gasteiger partial charge >= 0.3 is 0 Å². The maximum absolute atomic E-state index is 13.5. The van der Waals surface area contributed by atoms with Gasteiger partial charge in [-0.15, -0.1) is 0 Å². The molecule has 4 rings (SSSR count). The van der Waals surface area contributed by atoms with Crippen molar-refractivity contribution in [1.29, 1.82) is 0 Å². The lowest BCUT2D eigenvalue weighted by atomic mass is 9.85. The molecule has 1 saturated heterocycles. The fourth-order valence-corrected chi connectivity index (χ4v) is 4.93. The Morgan fingerprint density at radius 3 is 2.52 bits per heavy atom. The highest BCUT2D eigenvalue weighted by molar-refractivity contribution is 6.30. The largest absolute Gasteiger partial charge is 0.353 e. The van der Waals surface area contributed by atoms with Crippen LogP contribution >= 0.6 is 11.6 Å². The van der Waals surface area contributed by atoms with E-state index >= 15 is 0 Å². The third-order valence-electron chi connectivity index (χ3n) is 6.44. The molecule has 1 fully saturated rings. The van der Waals surface area contributed by atoms with Crippen LogP contribution in [0.25, 0.3) is 0 Å². The fourth-order valence-electron chi connectivity index (χ4n) is 4.80. The Bertz CT molecular complexity index is 932. The van der Waals surface area contributed by atoms with Gasteiger partial charge in [-0.25, -0.2) is 9.97 Å². The van der Waals surface area contributed by atoms with E-state index in [0.717, 1.165) is 37.3 Å². The van der Waals surface area contributed by atoms with Crippen molar-refractivity contribution in [3.8, 4) is 0 Å². The van der Waals surface area contributed by atoms with Crippen molar-refractivity contribution in [3.63, 3.8) is 0 Å². The van der Waals surface area contributed by atoms with E-state index in [0.29, 0.717) is 30.5 Å². The predicted octanol–water partition coefficient (Wildman–Crippen LogP) is 3.74. The van der Waals surface area contributed by atoms with Crippen LogP contribution in [0, 0.1) is 0 Å². The van der Waals surface area contributed by atoms with Gasteiger partial charge in [0.25, 0.3) is 0 Å². The number of carbonyl (C=O) groups excluding carboxylic acids is 1. The van der Waals surface area contributed by atoms with Gasteiger partial charge in [0.05, 0.1) is 5.92 Å². The second kappa shape index (κ2) is 8.75. The number of nitrogens with two attached hydrogens (primary N) is 1. The van der Waals surface area contributed by atoms with Gasteiger partial charge in [-0.1, -0.05) is 30.7 Å². The van der Waals surface area contributed by atoms with Gasteiger partial charge in [0, 0.05) is 48.0 Å². The Morgan fingerprint density at radius 2 is 1.87 bits per heavy atom. The molecule has 7 heteroatoms. The number of piperazine rings is 1. The average molecular weight is 442 g/mol. The van der Waals surface area contributed by atoms with E-state index in [1.165, 1.54) is 11.3 Å². The molecule has 0 saturated carbocycles. The molecule has 1 aliphatic heterocycles. The SMILES string of the molecule is CC1CCc2ncnc(N3CCN(C(=O)C(CC(C)(C)N)c4ccc(Cl)cc4)CC3)c21. The van der Waals surface area contributed by atoms with E-state index in [-0.39, 0.29) is 11.8 Å².